The van der Waals surface area contributed by atoms with E-state index in [9.17, 15) is 4.79 Å². The number of nitrogens with zero attached hydrogens (tertiary/aromatic N) is 1. The third-order valence-corrected chi connectivity index (χ3v) is 4.75. The Balaban J connectivity index is 1.87. The molecule has 0 saturated carbocycles. The lowest BCUT2D eigenvalue weighted by atomic mass is 10.1. The fourth-order valence-corrected chi connectivity index (χ4v) is 3.12. The molecule has 0 radical (unpaired) electrons. The number of benzene rings is 2. The predicted octanol–water partition coefficient (Wildman–Crippen LogP) is 3.28. The minimum Gasteiger partial charge on any atom is -0.493 e. The molecule has 0 aliphatic heterocycles. The Morgan fingerprint density at radius 2 is 1.81 bits per heavy atom. The highest BCUT2D eigenvalue weighted by atomic mass is 32.2. The van der Waals surface area contributed by atoms with Gasteiger partial charge in [0.2, 0.25) is 0 Å². The lowest BCUT2D eigenvalue weighted by Crippen LogP contribution is -2.09. The second-order valence-electron chi connectivity index (χ2n) is 5.64. The van der Waals surface area contributed by atoms with E-state index in [1.807, 2.05) is 30.3 Å². The number of carbonyl (C=O) groups excluding carboxylic acids is 1. The number of aliphatic imine (C=N–C) groups is 1. The molecule has 0 fully saturated rings. The van der Waals surface area contributed by atoms with Crippen LogP contribution in [0.3, 0.4) is 0 Å². The van der Waals surface area contributed by atoms with E-state index in [4.69, 9.17) is 19.9 Å². The average Bonchev–Trinajstić information content (AvgIpc) is 2.71. The van der Waals surface area contributed by atoms with Gasteiger partial charge in [0, 0.05) is 12.3 Å². The van der Waals surface area contributed by atoms with Gasteiger partial charge in [0.05, 0.1) is 26.9 Å². The third-order valence-electron chi connectivity index (χ3n) is 3.85. The van der Waals surface area contributed by atoms with Gasteiger partial charge in [-0.25, -0.2) is 4.79 Å². The predicted molar refractivity (Wildman–Crippen MR) is 109 cm³/mol. The molecule has 2 aromatic rings. The first-order chi connectivity index (χ1) is 13.1. The summed E-state index contributed by atoms with van der Waals surface area (Å²) in [6.45, 7) is 0.580. The van der Waals surface area contributed by atoms with Crippen LogP contribution < -0.4 is 15.2 Å². The van der Waals surface area contributed by atoms with Crippen molar-refractivity contribution in [2.45, 2.75) is 12.2 Å². The van der Waals surface area contributed by atoms with Gasteiger partial charge in [-0.05, 0) is 41.8 Å². The molecule has 0 saturated heterocycles. The zero-order valence-electron chi connectivity index (χ0n) is 15.7. The summed E-state index contributed by atoms with van der Waals surface area (Å²) in [5.41, 5.74) is 8.60. The van der Waals surface area contributed by atoms with E-state index in [2.05, 4.69) is 4.99 Å². The van der Waals surface area contributed by atoms with Crippen LogP contribution in [0, 0.1) is 0 Å². The topological polar surface area (TPSA) is 83.1 Å². The Kier molecular flexibility index (Phi) is 8.00. The number of amidine groups is 1. The Hall–Kier alpha value is -2.67. The molecule has 0 spiro atoms. The smallest absolute Gasteiger partial charge is 0.337 e. The molecular weight excluding hydrogens is 364 g/mol. The summed E-state index contributed by atoms with van der Waals surface area (Å²) in [4.78, 5) is 16.0. The minimum absolute atomic E-state index is 0.349. The number of ether oxygens (including phenoxy) is 3. The van der Waals surface area contributed by atoms with E-state index >= 15 is 0 Å². The molecular formula is C20H24N2O4S. The van der Waals surface area contributed by atoms with E-state index in [-0.39, 0.29) is 5.97 Å². The molecule has 6 nitrogen and oxygen atoms in total. The standard InChI is InChI=1S/C20H24N2O4S/c1-24-17-8-7-14(12-18(17)25-2)9-10-22-20(21)27-13-15-5-4-6-16(11-15)19(23)26-3/h4-8,11-12H,9-10,13H2,1-3H3,(H2,21,22). The lowest BCUT2D eigenvalue weighted by molar-refractivity contribution is 0.0600. The number of esters is 1. The Morgan fingerprint density at radius 1 is 1.04 bits per heavy atom. The van der Waals surface area contributed by atoms with E-state index < -0.39 is 0 Å². The maximum absolute atomic E-state index is 11.6. The molecule has 0 aliphatic carbocycles. The molecule has 0 unspecified atom stereocenters. The quantitative estimate of drug-likeness (QED) is 0.424. The van der Waals surface area contributed by atoms with E-state index in [1.165, 1.54) is 18.9 Å². The summed E-state index contributed by atoms with van der Waals surface area (Å²) < 4.78 is 15.3. The van der Waals surface area contributed by atoms with Crippen LogP contribution in [-0.4, -0.2) is 39.0 Å². The van der Waals surface area contributed by atoms with Gasteiger partial charge >= 0.3 is 5.97 Å². The second-order valence-corrected chi connectivity index (χ2v) is 6.64. The van der Waals surface area contributed by atoms with Crippen LogP contribution in [0.4, 0.5) is 0 Å². The molecule has 2 rings (SSSR count). The first kappa shape index (κ1) is 20.6. The third kappa shape index (κ3) is 6.21. The average molecular weight is 388 g/mol. The van der Waals surface area contributed by atoms with Crippen LogP contribution in [0.2, 0.25) is 0 Å². The van der Waals surface area contributed by atoms with E-state index in [0.29, 0.717) is 34.5 Å². The highest BCUT2D eigenvalue weighted by Gasteiger charge is 2.07. The van der Waals surface area contributed by atoms with Crippen molar-refractivity contribution in [3.05, 3.63) is 59.2 Å². The number of methoxy groups -OCH3 is 3. The van der Waals surface area contributed by atoms with Crippen molar-refractivity contribution in [1.82, 2.24) is 0 Å². The molecule has 2 N–H and O–H groups in total. The van der Waals surface area contributed by atoms with Gasteiger partial charge < -0.3 is 19.9 Å². The summed E-state index contributed by atoms with van der Waals surface area (Å²) in [6.07, 6.45) is 0.749. The first-order valence-electron chi connectivity index (χ1n) is 8.38. The van der Waals surface area contributed by atoms with Gasteiger partial charge in [0.25, 0.3) is 0 Å². The lowest BCUT2D eigenvalue weighted by Gasteiger charge is -2.09. The van der Waals surface area contributed by atoms with Crippen LogP contribution in [0.1, 0.15) is 21.5 Å². The van der Waals surface area contributed by atoms with Crippen molar-refractivity contribution < 1.29 is 19.0 Å². The highest BCUT2D eigenvalue weighted by molar-refractivity contribution is 8.13. The maximum atomic E-state index is 11.6. The maximum Gasteiger partial charge on any atom is 0.337 e. The monoisotopic (exact) mass is 388 g/mol. The zero-order valence-corrected chi connectivity index (χ0v) is 16.5. The molecule has 0 aliphatic rings. The Morgan fingerprint density at radius 3 is 2.52 bits per heavy atom. The normalized spacial score (nSPS) is 11.1. The first-order valence-corrected chi connectivity index (χ1v) is 9.36. The van der Waals surface area contributed by atoms with Crippen molar-refractivity contribution in [2.75, 3.05) is 27.9 Å². The summed E-state index contributed by atoms with van der Waals surface area (Å²) in [7, 11) is 4.59. The summed E-state index contributed by atoms with van der Waals surface area (Å²) in [6, 6.07) is 13.1. The molecule has 0 heterocycles. The largest absolute Gasteiger partial charge is 0.493 e. The summed E-state index contributed by atoms with van der Waals surface area (Å²) >= 11 is 1.44. The molecule has 144 valence electrons. The SMILES string of the molecule is COC(=O)c1cccc(CSC(N)=NCCc2ccc(OC)c(OC)c2)c1. The van der Waals surface area contributed by atoms with Gasteiger partial charge in [-0.1, -0.05) is 30.0 Å². The summed E-state index contributed by atoms with van der Waals surface area (Å²) in [5.74, 6) is 1.69. The molecule has 0 atom stereocenters. The highest BCUT2D eigenvalue weighted by Crippen LogP contribution is 2.27. The van der Waals surface area contributed by atoms with Gasteiger partial charge in [-0.15, -0.1) is 0 Å². The zero-order chi connectivity index (χ0) is 19.6. The molecule has 0 amide bonds. The van der Waals surface area contributed by atoms with Crippen molar-refractivity contribution in [2.24, 2.45) is 10.7 Å². The second kappa shape index (κ2) is 10.5. The van der Waals surface area contributed by atoms with E-state index in [0.717, 1.165) is 17.5 Å². The van der Waals surface area contributed by atoms with Gasteiger partial charge in [-0.3, -0.25) is 4.99 Å². The van der Waals surface area contributed by atoms with Crippen LogP contribution in [0.15, 0.2) is 47.5 Å². The fraction of sp³-hybridized carbons (Fsp3) is 0.300. The fourth-order valence-electron chi connectivity index (χ4n) is 2.44. The molecule has 27 heavy (non-hydrogen) atoms. The number of hydrogen-bond donors (Lipinski definition) is 1. The number of rotatable bonds is 8. The van der Waals surface area contributed by atoms with Crippen LogP contribution >= 0.6 is 11.8 Å². The number of carbonyl (C=O) groups is 1. The van der Waals surface area contributed by atoms with Crippen LogP contribution in [0.25, 0.3) is 0 Å². The molecule has 0 aromatic heterocycles. The van der Waals surface area contributed by atoms with Crippen molar-refractivity contribution >= 4 is 22.9 Å². The molecule has 7 heteroatoms. The molecule has 0 bridgehead atoms. The van der Waals surface area contributed by atoms with E-state index in [1.54, 1.807) is 26.4 Å². The number of thioether (sulfide) groups is 1. The van der Waals surface area contributed by atoms with Crippen LogP contribution in [0.5, 0.6) is 11.5 Å². The van der Waals surface area contributed by atoms with Gasteiger partial charge in [-0.2, -0.15) is 0 Å². The van der Waals surface area contributed by atoms with Crippen molar-refractivity contribution in [3.8, 4) is 11.5 Å². The van der Waals surface area contributed by atoms with Crippen molar-refractivity contribution in [3.63, 3.8) is 0 Å². The number of hydrogen-bond acceptors (Lipinski definition) is 6. The number of nitrogens with two attached hydrogens (primary N) is 1. The molecule has 2 aromatic carbocycles. The minimum atomic E-state index is -0.349. The summed E-state index contributed by atoms with van der Waals surface area (Å²) in [5, 5.41) is 0.513. The van der Waals surface area contributed by atoms with Crippen LogP contribution in [-0.2, 0) is 16.9 Å². The van der Waals surface area contributed by atoms with Gasteiger partial charge in [0.1, 0.15) is 0 Å². The Labute approximate surface area is 163 Å². The van der Waals surface area contributed by atoms with Crippen molar-refractivity contribution in [1.29, 1.82) is 0 Å². The van der Waals surface area contributed by atoms with Gasteiger partial charge in [0.15, 0.2) is 16.7 Å². The Bertz CT molecular complexity index is 808.